The number of amides is 1. The standard InChI is InChI=1S/C16H21Cl2NO/c1-11-5-7-16(10-17,8-6-11)19-15(20)14-9-13(18)4-3-12(14)2/h3-4,9,11H,5-8,10H2,1-2H3,(H,19,20). The molecule has 1 aliphatic carbocycles. The second-order valence-electron chi connectivity index (χ2n) is 6.01. The lowest BCUT2D eigenvalue weighted by Gasteiger charge is -2.38. The number of halogens is 2. The number of rotatable bonds is 3. The number of hydrogen-bond acceptors (Lipinski definition) is 1. The van der Waals surface area contributed by atoms with Crippen molar-refractivity contribution in [2.75, 3.05) is 5.88 Å². The molecule has 20 heavy (non-hydrogen) atoms. The van der Waals surface area contributed by atoms with Gasteiger partial charge in [0.1, 0.15) is 0 Å². The predicted molar refractivity (Wildman–Crippen MR) is 84.7 cm³/mol. The second-order valence-corrected chi connectivity index (χ2v) is 6.71. The highest BCUT2D eigenvalue weighted by atomic mass is 35.5. The molecule has 0 heterocycles. The van der Waals surface area contributed by atoms with Gasteiger partial charge in [-0.2, -0.15) is 0 Å². The molecule has 0 radical (unpaired) electrons. The fourth-order valence-corrected chi connectivity index (χ4v) is 3.26. The molecule has 1 fully saturated rings. The van der Waals surface area contributed by atoms with E-state index in [1.165, 1.54) is 0 Å². The Morgan fingerprint density at radius 1 is 1.40 bits per heavy atom. The summed E-state index contributed by atoms with van der Waals surface area (Å²) in [5.41, 5.74) is 1.31. The smallest absolute Gasteiger partial charge is 0.252 e. The Morgan fingerprint density at radius 3 is 2.65 bits per heavy atom. The normalized spacial score (nSPS) is 26.3. The van der Waals surface area contributed by atoms with Crippen molar-refractivity contribution in [3.05, 3.63) is 34.3 Å². The van der Waals surface area contributed by atoms with Gasteiger partial charge in [-0.3, -0.25) is 4.79 Å². The minimum Gasteiger partial charge on any atom is -0.345 e. The zero-order chi connectivity index (χ0) is 14.8. The number of carbonyl (C=O) groups excluding carboxylic acids is 1. The first-order chi connectivity index (χ1) is 9.46. The molecule has 0 spiro atoms. The van der Waals surface area contributed by atoms with Crippen molar-refractivity contribution in [2.24, 2.45) is 5.92 Å². The summed E-state index contributed by atoms with van der Waals surface area (Å²) in [6, 6.07) is 5.39. The summed E-state index contributed by atoms with van der Waals surface area (Å²) in [5, 5.41) is 3.74. The van der Waals surface area contributed by atoms with Gasteiger partial charge in [-0.15, -0.1) is 11.6 Å². The lowest BCUT2D eigenvalue weighted by atomic mass is 9.78. The topological polar surface area (TPSA) is 29.1 Å². The van der Waals surface area contributed by atoms with E-state index in [1.54, 1.807) is 12.1 Å². The molecule has 0 unspecified atom stereocenters. The van der Waals surface area contributed by atoms with E-state index in [2.05, 4.69) is 12.2 Å². The average molecular weight is 314 g/mol. The van der Waals surface area contributed by atoms with Crippen LogP contribution in [0.2, 0.25) is 5.02 Å². The molecule has 1 amide bonds. The van der Waals surface area contributed by atoms with Gasteiger partial charge < -0.3 is 5.32 Å². The Labute approximate surface area is 130 Å². The highest BCUT2D eigenvalue weighted by molar-refractivity contribution is 6.31. The molecule has 1 aliphatic rings. The molecule has 0 aromatic heterocycles. The van der Waals surface area contributed by atoms with E-state index in [1.807, 2.05) is 13.0 Å². The van der Waals surface area contributed by atoms with Crippen LogP contribution in [0.25, 0.3) is 0 Å². The van der Waals surface area contributed by atoms with Gasteiger partial charge in [-0.1, -0.05) is 24.6 Å². The van der Waals surface area contributed by atoms with E-state index in [-0.39, 0.29) is 11.4 Å². The zero-order valence-corrected chi connectivity index (χ0v) is 13.5. The summed E-state index contributed by atoms with van der Waals surface area (Å²) in [6.45, 7) is 4.17. The molecule has 0 saturated heterocycles. The number of benzene rings is 1. The van der Waals surface area contributed by atoms with E-state index < -0.39 is 0 Å². The molecule has 0 bridgehead atoms. The summed E-state index contributed by atoms with van der Waals surface area (Å²) in [6.07, 6.45) is 4.12. The number of carbonyl (C=O) groups is 1. The molecule has 1 aromatic carbocycles. The summed E-state index contributed by atoms with van der Waals surface area (Å²) < 4.78 is 0. The van der Waals surface area contributed by atoms with E-state index in [9.17, 15) is 4.79 Å². The molecule has 2 nitrogen and oxygen atoms in total. The molecule has 0 aliphatic heterocycles. The Hall–Kier alpha value is -0.730. The van der Waals surface area contributed by atoms with Gasteiger partial charge in [0.2, 0.25) is 0 Å². The van der Waals surface area contributed by atoms with E-state index in [0.29, 0.717) is 16.5 Å². The lowest BCUT2D eigenvalue weighted by molar-refractivity contribution is 0.0872. The summed E-state index contributed by atoms with van der Waals surface area (Å²) in [7, 11) is 0. The van der Waals surface area contributed by atoms with Crippen molar-refractivity contribution in [3.8, 4) is 0 Å². The van der Waals surface area contributed by atoms with Gasteiger partial charge in [-0.25, -0.2) is 0 Å². The molecule has 4 heteroatoms. The third kappa shape index (κ3) is 3.48. The van der Waals surface area contributed by atoms with Gasteiger partial charge in [0.05, 0.1) is 5.54 Å². The van der Waals surface area contributed by atoms with Crippen LogP contribution in [0.4, 0.5) is 0 Å². The van der Waals surface area contributed by atoms with Crippen molar-refractivity contribution in [1.82, 2.24) is 5.32 Å². The van der Waals surface area contributed by atoms with Crippen LogP contribution in [0.1, 0.15) is 48.5 Å². The Morgan fingerprint density at radius 2 is 2.05 bits per heavy atom. The average Bonchev–Trinajstić information content (AvgIpc) is 2.44. The highest BCUT2D eigenvalue weighted by Crippen LogP contribution is 2.33. The van der Waals surface area contributed by atoms with Crippen molar-refractivity contribution in [3.63, 3.8) is 0 Å². The molecule has 1 N–H and O–H groups in total. The first-order valence-corrected chi connectivity index (χ1v) is 8.02. The minimum atomic E-state index is -0.264. The highest BCUT2D eigenvalue weighted by Gasteiger charge is 2.35. The van der Waals surface area contributed by atoms with Gasteiger partial charge in [0, 0.05) is 16.5 Å². The molecule has 1 aromatic rings. The first kappa shape index (κ1) is 15.7. The number of aryl methyl sites for hydroxylation is 1. The predicted octanol–water partition coefficient (Wildman–Crippen LogP) is 4.57. The molecule has 2 rings (SSSR count). The number of nitrogens with one attached hydrogen (secondary N) is 1. The molecule has 110 valence electrons. The van der Waals surface area contributed by atoms with Crippen LogP contribution in [0, 0.1) is 12.8 Å². The quantitative estimate of drug-likeness (QED) is 0.814. The van der Waals surface area contributed by atoms with Crippen molar-refractivity contribution in [2.45, 2.75) is 45.1 Å². The van der Waals surface area contributed by atoms with Crippen LogP contribution in [-0.4, -0.2) is 17.3 Å². The summed E-state index contributed by atoms with van der Waals surface area (Å²) in [5.74, 6) is 1.11. The fraction of sp³-hybridized carbons (Fsp3) is 0.562. The van der Waals surface area contributed by atoms with Crippen LogP contribution >= 0.6 is 23.2 Å². The molecular weight excluding hydrogens is 293 g/mol. The van der Waals surface area contributed by atoms with E-state index in [0.717, 1.165) is 37.2 Å². The van der Waals surface area contributed by atoms with E-state index in [4.69, 9.17) is 23.2 Å². The van der Waals surface area contributed by atoms with Crippen molar-refractivity contribution >= 4 is 29.1 Å². The summed E-state index contributed by atoms with van der Waals surface area (Å²) in [4.78, 5) is 12.5. The molecular formula is C16H21Cl2NO. The zero-order valence-electron chi connectivity index (χ0n) is 12.0. The Kier molecular flexibility index (Phi) is 4.98. The largest absolute Gasteiger partial charge is 0.345 e. The fourth-order valence-electron chi connectivity index (χ4n) is 2.75. The maximum atomic E-state index is 12.5. The first-order valence-electron chi connectivity index (χ1n) is 7.10. The van der Waals surface area contributed by atoms with Crippen LogP contribution in [-0.2, 0) is 0 Å². The van der Waals surface area contributed by atoms with Crippen LogP contribution < -0.4 is 5.32 Å². The third-order valence-electron chi connectivity index (χ3n) is 4.31. The lowest BCUT2D eigenvalue weighted by Crippen LogP contribution is -2.52. The monoisotopic (exact) mass is 313 g/mol. The SMILES string of the molecule is Cc1ccc(Cl)cc1C(=O)NC1(CCl)CCC(C)CC1. The maximum absolute atomic E-state index is 12.5. The van der Waals surface area contributed by atoms with Crippen molar-refractivity contribution in [1.29, 1.82) is 0 Å². The maximum Gasteiger partial charge on any atom is 0.252 e. The minimum absolute atomic E-state index is 0.0693. The van der Waals surface area contributed by atoms with Gasteiger partial charge >= 0.3 is 0 Å². The Balaban J connectivity index is 2.15. The van der Waals surface area contributed by atoms with Gasteiger partial charge in [0.15, 0.2) is 0 Å². The third-order valence-corrected chi connectivity index (χ3v) is 5.06. The number of hydrogen-bond donors (Lipinski definition) is 1. The second kappa shape index (κ2) is 6.36. The molecule has 1 saturated carbocycles. The number of alkyl halides is 1. The van der Waals surface area contributed by atoms with Gasteiger partial charge in [-0.05, 0) is 56.2 Å². The van der Waals surface area contributed by atoms with Crippen LogP contribution in [0.15, 0.2) is 18.2 Å². The summed E-state index contributed by atoms with van der Waals surface area (Å²) >= 11 is 12.1. The van der Waals surface area contributed by atoms with E-state index >= 15 is 0 Å². The molecule has 0 atom stereocenters. The van der Waals surface area contributed by atoms with Crippen LogP contribution in [0.5, 0.6) is 0 Å². The van der Waals surface area contributed by atoms with Crippen molar-refractivity contribution < 1.29 is 4.79 Å². The Bertz CT molecular complexity index is 493. The van der Waals surface area contributed by atoms with Gasteiger partial charge in [0.25, 0.3) is 5.91 Å². The van der Waals surface area contributed by atoms with Crippen LogP contribution in [0.3, 0.4) is 0 Å².